The minimum Gasteiger partial charge on any atom is -0.488 e. The molecule has 0 spiro atoms. The minimum atomic E-state index is -1.26. The maximum absolute atomic E-state index is 14.2. The predicted octanol–water partition coefficient (Wildman–Crippen LogP) is 4.12. The average Bonchev–Trinajstić information content (AvgIpc) is 3.31. The highest BCUT2D eigenvalue weighted by atomic mass is 19.1. The average molecular weight is 274 g/mol. The summed E-state index contributed by atoms with van der Waals surface area (Å²) in [7, 11) is 0. The molecule has 2 fully saturated rings. The predicted molar refractivity (Wildman–Crippen MR) is 75.8 cm³/mol. The lowest BCUT2D eigenvalue weighted by molar-refractivity contribution is 0.189. The van der Waals surface area contributed by atoms with Gasteiger partial charge in [-0.2, -0.15) is 5.10 Å². The summed E-state index contributed by atoms with van der Waals surface area (Å²) < 4.78 is 21.7. The van der Waals surface area contributed by atoms with E-state index < -0.39 is 5.79 Å². The van der Waals surface area contributed by atoms with Gasteiger partial charge >= 0.3 is 0 Å². The van der Waals surface area contributed by atoms with Gasteiger partial charge in [0.15, 0.2) is 0 Å². The summed E-state index contributed by atoms with van der Waals surface area (Å²) in [6, 6.07) is 4.18. The zero-order valence-corrected chi connectivity index (χ0v) is 11.9. The first-order chi connectivity index (χ1) is 9.55. The van der Waals surface area contributed by atoms with Gasteiger partial charge in [-0.15, -0.1) is 0 Å². The van der Waals surface area contributed by atoms with Gasteiger partial charge in [0, 0.05) is 24.4 Å². The highest BCUT2D eigenvalue weighted by Crippen LogP contribution is 2.45. The molecule has 2 saturated carbocycles. The lowest BCUT2D eigenvalue weighted by Gasteiger charge is -2.10. The summed E-state index contributed by atoms with van der Waals surface area (Å²) >= 11 is 0. The zero-order valence-electron chi connectivity index (χ0n) is 11.9. The molecule has 0 bridgehead atoms. The van der Waals surface area contributed by atoms with Gasteiger partial charge in [0.2, 0.25) is 5.79 Å². The number of alkyl halides is 1. The molecule has 4 heteroatoms. The van der Waals surface area contributed by atoms with E-state index in [4.69, 9.17) is 4.74 Å². The topological polar surface area (TPSA) is 27.1 Å². The van der Waals surface area contributed by atoms with Crippen LogP contribution in [-0.4, -0.2) is 15.9 Å². The Labute approximate surface area is 117 Å². The second kappa shape index (κ2) is 3.96. The Hall–Kier alpha value is -1.58. The van der Waals surface area contributed by atoms with Gasteiger partial charge in [-0.05, 0) is 36.5 Å². The number of ether oxygens (including phenoxy) is 1. The highest BCUT2D eigenvalue weighted by molar-refractivity contribution is 5.85. The van der Waals surface area contributed by atoms with Crippen molar-refractivity contribution in [3.05, 3.63) is 23.9 Å². The van der Waals surface area contributed by atoms with Crippen molar-refractivity contribution in [2.45, 2.75) is 57.3 Å². The number of hydrogen-bond acceptors (Lipinski definition) is 2. The van der Waals surface area contributed by atoms with Crippen molar-refractivity contribution in [1.82, 2.24) is 9.78 Å². The molecule has 0 N–H and O–H groups in total. The van der Waals surface area contributed by atoms with E-state index in [9.17, 15) is 4.39 Å². The first-order valence-electron chi connectivity index (χ1n) is 7.44. The van der Waals surface area contributed by atoms with E-state index in [1.807, 2.05) is 6.20 Å². The monoisotopic (exact) mass is 274 g/mol. The number of hydrogen-bond donors (Lipinski definition) is 0. The summed E-state index contributed by atoms with van der Waals surface area (Å²) in [4.78, 5) is 0. The van der Waals surface area contributed by atoms with Crippen LogP contribution in [0.15, 0.2) is 18.3 Å². The van der Waals surface area contributed by atoms with E-state index in [0.29, 0.717) is 24.9 Å². The molecule has 0 saturated heterocycles. The quantitative estimate of drug-likeness (QED) is 0.838. The standard InChI is InChI=1S/C16H19FN2O/c1-10(2)11-7-12-9-19(16(17)5-6-16)18-15(12)14(8-11)20-13-3-4-13/h7-10,13H,3-6H2,1-2H3. The molecular weight excluding hydrogens is 255 g/mol. The van der Waals surface area contributed by atoms with Crippen LogP contribution in [0.1, 0.15) is 51.0 Å². The molecule has 1 aromatic carbocycles. The van der Waals surface area contributed by atoms with Crippen LogP contribution >= 0.6 is 0 Å². The number of fused-ring (bicyclic) bond motifs is 1. The van der Waals surface area contributed by atoms with Crippen molar-refractivity contribution in [2.75, 3.05) is 0 Å². The van der Waals surface area contributed by atoms with E-state index in [1.54, 1.807) is 0 Å². The van der Waals surface area contributed by atoms with Gasteiger partial charge in [-0.25, -0.2) is 9.07 Å². The van der Waals surface area contributed by atoms with Crippen LogP contribution in [0.25, 0.3) is 10.9 Å². The third-order valence-corrected chi connectivity index (χ3v) is 4.15. The third kappa shape index (κ3) is 1.98. The molecule has 0 amide bonds. The lowest BCUT2D eigenvalue weighted by atomic mass is 10.0. The molecule has 1 heterocycles. The number of aromatic nitrogens is 2. The van der Waals surface area contributed by atoms with Crippen LogP contribution in [0.5, 0.6) is 5.75 Å². The molecule has 0 unspecified atom stereocenters. The van der Waals surface area contributed by atoms with Crippen molar-refractivity contribution in [3.63, 3.8) is 0 Å². The number of benzene rings is 1. The molecule has 2 aliphatic rings. The van der Waals surface area contributed by atoms with Crippen LogP contribution in [-0.2, 0) is 5.79 Å². The van der Waals surface area contributed by atoms with Crippen molar-refractivity contribution >= 4 is 10.9 Å². The fourth-order valence-electron chi connectivity index (χ4n) is 2.45. The van der Waals surface area contributed by atoms with E-state index in [2.05, 4.69) is 31.1 Å². The van der Waals surface area contributed by atoms with E-state index in [1.165, 1.54) is 10.2 Å². The number of halogens is 1. The second-order valence-electron chi connectivity index (χ2n) is 6.42. The van der Waals surface area contributed by atoms with Crippen LogP contribution < -0.4 is 4.74 Å². The zero-order chi connectivity index (χ0) is 13.9. The van der Waals surface area contributed by atoms with Crippen LogP contribution in [0, 0.1) is 0 Å². The summed E-state index contributed by atoms with van der Waals surface area (Å²) in [5, 5.41) is 5.43. The van der Waals surface area contributed by atoms with Crippen molar-refractivity contribution < 1.29 is 9.13 Å². The molecule has 2 aromatic rings. The molecule has 4 rings (SSSR count). The maximum Gasteiger partial charge on any atom is 0.202 e. The van der Waals surface area contributed by atoms with Crippen LogP contribution in [0.2, 0.25) is 0 Å². The Balaban J connectivity index is 1.84. The summed E-state index contributed by atoms with van der Waals surface area (Å²) in [5.74, 6) is -0.0188. The maximum atomic E-state index is 14.2. The smallest absolute Gasteiger partial charge is 0.202 e. The Morgan fingerprint density at radius 3 is 2.70 bits per heavy atom. The summed E-state index contributed by atoms with van der Waals surface area (Å²) in [5.41, 5.74) is 2.02. The number of nitrogens with zero attached hydrogens (tertiary/aromatic N) is 2. The fourth-order valence-corrected chi connectivity index (χ4v) is 2.45. The highest BCUT2D eigenvalue weighted by Gasteiger charge is 2.46. The molecule has 3 nitrogen and oxygen atoms in total. The Bertz CT molecular complexity index is 668. The molecule has 1 aromatic heterocycles. The Morgan fingerprint density at radius 1 is 1.35 bits per heavy atom. The van der Waals surface area contributed by atoms with Crippen molar-refractivity contribution in [2.24, 2.45) is 0 Å². The summed E-state index contributed by atoms with van der Waals surface area (Å²) in [6.07, 6.45) is 5.51. The second-order valence-corrected chi connectivity index (χ2v) is 6.42. The molecule has 106 valence electrons. The van der Waals surface area contributed by atoms with Gasteiger partial charge in [0.05, 0.1) is 6.10 Å². The third-order valence-electron chi connectivity index (χ3n) is 4.15. The first-order valence-corrected chi connectivity index (χ1v) is 7.44. The van der Waals surface area contributed by atoms with Crippen molar-refractivity contribution in [1.29, 1.82) is 0 Å². The van der Waals surface area contributed by atoms with E-state index in [0.717, 1.165) is 29.5 Å². The van der Waals surface area contributed by atoms with Gasteiger partial charge in [-0.1, -0.05) is 13.8 Å². The van der Waals surface area contributed by atoms with E-state index >= 15 is 0 Å². The Kier molecular flexibility index (Phi) is 2.41. The van der Waals surface area contributed by atoms with Gasteiger partial charge < -0.3 is 4.74 Å². The molecule has 0 radical (unpaired) electrons. The minimum absolute atomic E-state index is 0.325. The van der Waals surface area contributed by atoms with E-state index in [-0.39, 0.29) is 0 Å². The van der Waals surface area contributed by atoms with Gasteiger partial charge in [-0.3, -0.25) is 0 Å². The molecule has 0 aliphatic heterocycles. The lowest BCUT2D eigenvalue weighted by Crippen LogP contribution is -2.10. The molecule has 2 aliphatic carbocycles. The first kappa shape index (κ1) is 12.2. The molecular formula is C16H19FN2O. The summed E-state index contributed by atoms with van der Waals surface area (Å²) in [6.45, 7) is 4.31. The van der Waals surface area contributed by atoms with Crippen LogP contribution in [0.4, 0.5) is 4.39 Å². The van der Waals surface area contributed by atoms with Crippen molar-refractivity contribution in [3.8, 4) is 5.75 Å². The Morgan fingerprint density at radius 2 is 2.10 bits per heavy atom. The SMILES string of the molecule is CC(C)c1cc(OC2CC2)c2nn(C3(F)CC3)cc2c1. The molecule has 0 atom stereocenters. The van der Waals surface area contributed by atoms with Gasteiger partial charge in [0.25, 0.3) is 0 Å². The van der Waals surface area contributed by atoms with Gasteiger partial charge in [0.1, 0.15) is 11.3 Å². The van der Waals surface area contributed by atoms with Crippen LogP contribution in [0.3, 0.4) is 0 Å². The normalized spacial score (nSPS) is 20.6. The largest absolute Gasteiger partial charge is 0.488 e. The molecule has 20 heavy (non-hydrogen) atoms. The number of rotatable bonds is 4. The fraction of sp³-hybridized carbons (Fsp3) is 0.562.